The quantitative estimate of drug-likeness (QED) is 0.889. The monoisotopic (exact) mass is 256 g/mol. The first-order valence-corrected chi connectivity index (χ1v) is 7.05. The fourth-order valence-corrected chi connectivity index (χ4v) is 2.82. The first-order valence-electron chi connectivity index (χ1n) is 5.66. The molecular formula is C11H16N2O3S. The number of carboxylic acid groups (broad SMARTS) is 1. The van der Waals surface area contributed by atoms with E-state index >= 15 is 0 Å². The summed E-state index contributed by atoms with van der Waals surface area (Å²) >= 11 is 1.62. The zero-order valence-corrected chi connectivity index (χ0v) is 10.7. The molecule has 1 aliphatic rings. The van der Waals surface area contributed by atoms with Gasteiger partial charge in [0.1, 0.15) is 0 Å². The molecule has 1 fully saturated rings. The van der Waals surface area contributed by atoms with Crippen LogP contribution in [0.4, 0.5) is 0 Å². The standard InChI is InChI=1S/C11H16N2O3S/c1-6-3-7(8(4-6)11(14)15)10-12-9(5-17-2)13-16-10/h6-8H,3-5H2,1-2H3,(H,14,15). The molecule has 6 heteroatoms. The van der Waals surface area contributed by atoms with E-state index in [1.54, 1.807) is 11.8 Å². The van der Waals surface area contributed by atoms with Gasteiger partial charge in [0.2, 0.25) is 5.89 Å². The molecule has 0 saturated heterocycles. The second kappa shape index (κ2) is 5.08. The van der Waals surface area contributed by atoms with Crippen molar-refractivity contribution in [2.45, 2.75) is 31.4 Å². The van der Waals surface area contributed by atoms with Gasteiger partial charge >= 0.3 is 5.97 Å². The Bertz CT molecular complexity index is 407. The molecule has 0 spiro atoms. The normalized spacial score (nSPS) is 28.5. The number of hydrogen-bond acceptors (Lipinski definition) is 5. The Balaban J connectivity index is 2.16. The third kappa shape index (κ3) is 2.62. The summed E-state index contributed by atoms with van der Waals surface area (Å²) in [5.41, 5.74) is 0. The lowest BCUT2D eigenvalue weighted by Crippen LogP contribution is -2.17. The van der Waals surface area contributed by atoms with Crippen molar-refractivity contribution in [3.63, 3.8) is 0 Å². The second-order valence-electron chi connectivity index (χ2n) is 4.61. The molecular weight excluding hydrogens is 240 g/mol. The number of carboxylic acids is 1. The van der Waals surface area contributed by atoms with Crippen LogP contribution in [0.1, 0.15) is 37.4 Å². The first kappa shape index (κ1) is 12.4. The number of rotatable bonds is 4. The maximum Gasteiger partial charge on any atom is 0.307 e. The van der Waals surface area contributed by atoms with Crippen LogP contribution in [0.2, 0.25) is 0 Å². The Morgan fingerprint density at radius 2 is 2.35 bits per heavy atom. The largest absolute Gasteiger partial charge is 0.481 e. The van der Waals surface area contributed by atoms with Crippen LogP contribution in [0.3, 0.4) is 0 Å². The summed E-state index contributed by atoms with van der Waals surface area (Å²) in [6, 6.07) is 0. The third-order valence-corrected chi connectivity index (χ3v) is 3.74. The van der Waals surface area contributed by atoms with Gasteiger partial charge in [-0.15, -0.1) is 0 Å². The van der Waals surface area contributed by atoms with E-state index < -0.39 is 5.97 Å². The molecule has 2 rings (SSSR count). The topological polar surface area (TPSA) is 76.2 Å². The summed E-state index contributed by atoms with van der Waals surface area (Å²) in [7, 11) is 0. The Morgan fingerprint density at radius 3 is 3.00 bits per heavy atom. The van der Waals surface area contributed by atoms with Gasteiger partial charge in [0.15, 0.2) is 5.82 Å². The summed E-state index contributed by atoms with van der Waals surface area (Å²) in [5.74, 6) is 0.977. The highest BCUT2D eigenvalue weighted by Gasteiger charge is 2.40. The minimum Gasteiger partial charge on any atom is -0.481 e. The summed E-state index contributed by atoms with van der Waals surface area (Å²) < 4.78 is 5.19. The first-order chi connectivity index (χ1) is 8.11. The van der Waals surface area contributed by atoms with Gasteiger partial charge in [-0.3, -0.25) is 4.79 Å². The van der Waals surface area contributed by atoms with Gasteiger partial charge in [0.05, 0.1) is 17.6 Å². The third-order valence-electron chi connectivity index (χ3n) is 3.19. The van der Waals surface area contributed by atoms with Gasteiger partial charge in [-0.1, -0.05) is 12.1 Å². The molecule has 1 aliphatic carbocycles. The highest BCUT2D eigenvalue weighted by molar-refractivity contribution is 7.97. The molecule has 17 heavy (non-hydrogen) atoms. The van der Waals surface area contributed by atoms with E-state index in [9.17, 15) is 9.90 Å². The summed E-state index contributed by atoms with van der Waals surface area (Å²) in [6.07, 6.45) is 3.48. The smallest absolute Gasteiger partial charge is 0.307 e. The van der Waals surface area contributed by atoms with E-state index in [0.29, 0.717) is 29.8 Å². The average molecular weight is 256 g/mol. The Kier molecular flexibility index (Phi) is 3.71. The van der Waals surface area contributed by atoms with Crippen LogP contribution in [0.25, 0.3) is 0 Å². The number of aromatic nitrogens is 2. The fraction of sp³-hybridized carbons (Fsp3) is 0.727. The molecule has 1 saturated carbocycles. The minimum absolute atomic E-state index is 0.120. The molecule has 5 nitrogen and oxygen atoms in total. The van der Waals surface area contributed by atoms with Gasteiger partial charge < -0.3 is 9.63 Å². The van der Waals surface area contributed by atoms with Crippen LogP contribution >= 0.6 is 11.8 Å². The van der Waals surface area contributed by atoms with Gasteiger partial charge in [-0.2, -0.15) is 16.7 Å². The second-order valence-corrected chi connectivity index (χ2v) is 5.48. The Labute approximate surface area is 104 Å². The van der Waals surface area contributed by atoms with Crippen LogP contribution in [0, 0.1) is 11.8 Å². The lowest BCUT2D eigenvalue weighted by Gasteiger charge is -2.09. The van der Waals surface area contributed by atoms with Crippen LogP contribution in [-0.2, 0) is 10.5 Å². The number of nitrogens with zero attached hydrogens (tertiary/aromatic N) is 2. The lowest BCUT2D eigenvalue weighted by molar-refractivity contribution is -0.142. The van der Waals surface area contributed by atoms with Crippen molar-refractivity contribution in [1.82, 2.24) is 10.1 Å². The number of aliphatic carboxylic acids is 1. The van der Waals surface area contributed by atoms with Gasteiger partial charge in [0.25, 0.3) is 0 Å². The van der Waals surface area contributed by atoms with Gasteiger partial charge in [0, 0.05) is 0 Å². The molecule has 0 aliphatic heterocycles. The summed E-state index contributed by atoms with van der Waals surface area (Å²) in [5, 5.41) is 13.0. The zero-order chi connectivity index (χ0) is 12.4. The molecule has 1 aromatic rings. The van der Waals surface area contributed by atoms with Gasteiger partial charge in [-0.25, -0.2) is 0 Å². The SMILES string of the molecule is CSCc1noc(C2CC(C)CC2C(=O)O)n1. The van der Waals surface area contributed by atoms with Crippen molar-refractivity contribution in [1.29, 1.82) is 0 Å². The van der Waals surface area contributed by atoms with Crippen molar-refractivity contribution in [2.24, 2.45) is 11.8 Å². The van der Waals surface area contributed by atoms with E-state index in [1.807, 2.05) is 6.26 Å². The van der Waals surface area contributed by atoms with Crippen LogP contribution in [-0.4, -0.2) is 27.5 Å². The average Bonchev–Trinajstić information content (AvgIpc) is 2.85. The maximum absolute atomic E-state index is 11.2. The number of hydrogen-bond donors (Lipinski definition) is 1. The molecule has 1 N–H and O–H groups in total. The van der Waals surface area contributed by atoms with Crippen molar-refractivity contribution in [3.05, 3.63) is 11.7 Å². The zero-order valence-electron chi connectivity index (χ0n) is 9.92. The fourth-order valence-electron chi connectivity index (χ4n) is 2.44. The van der Waals surface area contributed by atoms with E-state index in [2.05, 4.69) is 17.1 Å². The van der Waals surface area contributed by atoms with Crippen molar-refractivity contribution in [2.75, 3.05) is 6.26 Å². The molecule has 0 radical (unpaired) electrons. The molecule has 1 heterocycles. The van der Waals surface area contributed by atoms with E-state index in [4.69, 9.17) is 4.52 Å². The molecule has 0 bridgehead atoms. The maximum atomic E-state index is 11.2. The van der Waals surface area contributed by atoms with E-state index in [0.717, 1.165) is 6.42 Å². The molecule has 0 amide bonds. The molecule has 94 valence electrons. The van der Waals surface area contributed by atoms with Gasteiger partial charge in [-0.05, 0) is 25.0 Å². The highest BCUT2D eigenvalue weighted by atomic mass is 32.2. The van der Waals surface area contributed by atoms with Crippen LogP contribution in [0.15, 0.2) is 4.52 Å². The highest BCUT2D eigenvalue weighted by Crippen LogP contribution is 2.42. The summed E-state index contributed by atoms with van der Waals surface area (Å²) in [4.78, 5) is 15.5. The minimum atomic E-state index is -0.760. The molecule has 0 aromatic carbocycles. The van der Waals surface area contributed by atoms with Crippen molar-refractivity contribution in [3.8, 4) is 0 Å². The Morgan fingerprint density at radius 1 is 1.59 bits per heavy atom. The molecule has 3 atom stereocenters. The summed E-state index contributed by atoms with van der Waals surface area (Å²) in [6.45, 7) is 2.06. The Hall–Kier alpha value is -1.04. The predicted octanol–water partition coefficient (Wildman–Crippen LogP) is 2.15. The van der Waals surface area contributed by atoms with Crippen molar-refractivity contribution < 1.29 is 14.4 Å². The van der Waals surface area contributed by atoms with Crippen molar-refractivity contribution >= 4 is 17.7 Å². The van der Waals surface area contributed by atoms with Crippen LogP contribution in [0.5, 0.6) is 0 Å². The predicted molar refractivity (Wildman–Crippen MR) is 63.8 cm³/mol. The number of thioether (sulfide) groups is 1. The number of carbonyl (C=O) groups is 1. The molecule has 1 aromatic heterocycles. The molecule has 3 unspecified atom stereocenters. The van der Waals surface area contributed by atoms with E-state index in [1.165, 1.54) is 0 Å². The van der Waals surface area contributed by atoms with Crippen LogP contribution < -0.4 is 0 Å². The van der Waals surface area contributed by atoms with E-state index in [-0.39, 0.29) is 11.8 Å². The lowest BCUT2D eigenvalue weighted by atomic mass is 9.96.